The molecular weight excluding hydrogens is 204 g/mol. The van der Waals surface area contributed by atoms with Gasteiger partial charge < -0.3 is 9.84 Å². The molecule has 1 atom stereocenters. The highest BCUT2D eigenvalue weighted by molar-refractivity contribution is 5.70. The monoisotopic (exact) mass is 222 g/mol. The Morgan fingerprint density at radius 3 is 2.75 bits per heavy atom. The molecule has 0 unspecified atom stereocenters. The number of carbonyl (C=O) groups excluding carboxylic acids is 1. The number of benzene rings is 1. The molecule has 0 saturated heterocycles. The van der Waals surface area contributed by atoms with Crippen LogP contribution in [0.3, 0.4) is 0 Å². The zero-order chi connectivity index (χ0) is 12.0. The van der Waals surface area contributed by atoms with Gasteiger partial charge in [-0.1, -0.05) is 31.2 Å². The van der Waals surface area contributed by atoms with E-state index in [4.69, 9.17) is 4.74 Å². The van der Waals surface area contributed by atoms with Crippen LogP contribution in [0.25, 0.3) is 0 Å². The molecule has 0 radical (unpaired) electrons. The van der Waals surface area contributed by atoms with Gasteiger partial charge in [0.15, 0.2) is 0 Å². The van der Waals surface area contributed by atoms with E-state index in [0.29, 0.717) is 6.61 Å². The Hall–Kier alpha value is -1.35. The SMILES string of the molecule is CCCOC(=O)C[C@@H](O)c1ccccc1C. The third-order valence-corrected chi connectivity index (χ3v) is 2.37. The van der Waals surface area contributed by atoms with Gasteiger partial charge in [-0.05, 0) is 24.5 Å². The predicted molar refractivity (Wildman–Crippen MR) is 62.0 cm³/mol. The Kier molecular flexibility index (Phi) is 4.99. The molecule has 0 bridgehead atoms. The fraction of sp³-hybridized carbons (Fsp3) is 0.462. The van der Waals surface area contributed by atoms with E-state index in [1.165, 1.54) is 0 Å². The molecule has 0 aliphatic heterocycles. The van der Waals surface area contributed by atoms with Crippen molar-refractivity contribution < 1.29 is 14.6 Å². The molecule has 0 aliphatic carbocycles. The molecule has 0 fully saturated rings. The van der Waals surface area contributed by atoms with Crippen molar-refractivity contribution in [2.45, 2.75) is 32.8 Å². The van der Waals surface area contributed by atoms with Gasteiger partial charge in [-0.2, -0.15) is 0 Å². The van der Waals surface area contributed by atoms with Crippen molar-refractivity contribution in [2.24, 2.45) is 0 Å². The van der Waals surface area contributed by atoms with Crippen LogP contribution in [0.4, 0.5) is 0 Å². The smallest absolute Gasteiger partial charge is 0.308 e. The number of ether oxygens (including phenoxy) is 1. The summed E-state index contributed by atoms with van der Waals surface area (Å²) in [4.78, 5) is 11.3. The lowest BCUT2D eigenvalue weighted by atomic mass is 10.0. The van der Waals surface area contributed by atoms with Gasteiger partial charge in [-0.3, -0.25) is 4.79 Å². The molecule has 88 valence electrons. The minimum Gasteiger partial charge on any atom is -0.466 e. The van der Waals surface area contributed by atoms with Crippen molar-refractivity contribution >= 4 is 5.97 Å². The summed E-state index contributed by atoms with van der Waals surface area (Å²) in [5.74, 6) is -0.349. The molecular formula is C13H18O3. The third-order valence-electron chi connectivity index (χ3n) is 2.37. The maximum atomic E-state index is 11.3. The number of esters is 1. The van der Waals surface area contributed by atoms with Gasteiger partial charge in [0.25, 0.3) is 0 Å². The lowest BCUT2D eigenvalue weighted by Crippen LogP contribution is -2.11. The maximum Gasteiger partial charge on any atom is 0.308 e. The molecule has 1 N–H and O–H groups in total. The molecule has 1 aromatic rings. The van der Waals surface area contributed by atoms with Crippen LogP contribution in [0, 0.1) is 6.92 Å². The van der Waals surface area contributed by atoms with E-state index in [9.17, 15) is 9.90 Å². The van der Waals surface area contributed by atoms with Crippen molar-refractivity contribution in [3.05, 3.63) is 35.4 Å². The van der Waals surface area contributed by atoms with E-state index < -0.39 is 6.10 Å². The zero-order valence-electron chi connectivity index (χ0n) is 9.77. The van der Waals surface area contributed by atoms with Crippen molar-refractivity contribution in [3.63, 3.8) is 0 Å². The Morgan fingerprint density at radius 1 is 1.44 bits per heavy atom. The summed E-state index contributed by atoms with van der Waals surface area (Å²) >= 11 is 0. The molecule has 16 heavy (non-hydrogen) atoms. The molecule has 3 nitrogen and oxygen atoms in total. The van der Waals surface area contributed by atoms with Crippen LogP contribution in [0.2, 0.25) is 0 Å². The first kappa shape index (κ1) is 12.7. The van der Waals surface area contributed by atoms with Crippen LogP contribution in [-0.4, -0.2) is 17.7 Å². The number of aliphatic hydroxyl groups excluding tert-OH is 1. The highest BCUT2D eigenvalue weighted by Gasteiger charge is 2.15. The highest BCUT2D eigenvalue weighted by Crippen LogP contribution is 2.20. The van der Waals surface area contributed by atoms with Crippen LogP contribution in [0.5, 0.6) is 0 Å². The molecule has 3 heteroatoms. The lowest BCUT2D eigenvalue weighted by Gasteiger charge is -2.12. The second kappa shape index (κ2) is 6.28. The number of carbonyl (C=O) groups is 1. The second-order valence-electron chi connectivity index (χ2n) is 3.80. The predicted octanol–water partition coefficient (Wildman–Crippen LogP) is 2.37. The zero-order valence-corrected chi connectivity index (χ0v) is 9.77. The standard InChI is InChI=1S/C13H18O3/c1-3-8-16-13(15)9-12(14)11-7-5-4-6-10(11)2/h4-7,12,14H,3,8-9H2,1-2H3/t12-/m1/s1. The number of hydrogen-bond acceptors (Lipinski definition) is 3. The summed E-state index contributed by atoms with van der Waals surface area (Å²) in [7, 11) is 0. The average Bonchev–Trinajstić information content (AvgIpc) is 2.26. The summed E-state index contributed by atoms with van der Waals surface area (Å²) in [6.45, 7) is 4.26. The molecule has 0 saturated carbocycles. The van der Waals surface area contributed by atoms with Gasteiger partial charge in [0.2, 0.25) is 0 Å². The van der Waals surface area contributed by atoms with Crippen LogP contribution in [0.1, 0.15) is 37.0 Å². The fourth-order valence-electron chi connectivity index (χ4n) is 1.50. The molecule has 0 spiro atoms. The normalized spacial score (nSPS) is 12.2. The summed E-state index contributed by atoms with van der Waals surface area (Å²) in [5, 5.41) is 9.87. The van der Waals surface area contributed by atoms with Crippen LogP contribution < -0.4 is 0 Å². The average molecular weight is 222 g/mol. The first-order valence-electron chi connectivity index (χ1n) is 5.54. The highest BCUT2D eigenvalue weighted by atomic mass is 16.5. The number of rotatable bonds is 5. The Bertz CT molecular complexity index is 347. The summed E-state index contributed by atoms with van der Waals surface area (Å²) in [6, 6.07) is 7.49. The first-order chi connectivity index (χ1) is 7.65. The minimum absolute atomic E-state index is 0.0187. The maximum absolute atomic E-state index is 11.3. The minimum atomic E-state index is -0.773. The van der Waals surface area contributed by atoms with E-state index in [1.807, 2.05) is 38.1 Å². The van der Waals surface area contributed by atoms with E-state index in [-0.39, 0.29) is 12.4 Å². The number of hydrogen-bond donors (Lipinski definition) is 1. The van der Waals surface area contributed by atoms with Crippen LogP contribution in [0.15, 0.2) is 24.3 Å². The number of aryl methyl sites for hydroxylation is 1. The lowest BCUT2D eigenvalue weighted by molar-refractivity contribution is -0.146. The molecule has 0 heterocycles. The van der Waals surface area contributed by atoms with Gasteiger partial charge in [0.05, 0.1) is 19.1 Å². The first-order valence-corrected chi connectivity index (χ1v) is 5.54. The van der Waals surface area contributed by atoms with Crippen molar-refractivity contribution in [1.29, 1.82) is 0 Å². The molecule has 1 rings (SSSR count). The topological polar surface area (TPSA) is 46.5 Å². The second-order valence-corrected chi connectivity index (χ2v) is 3.80. The fourth-order valence-corrected chi connectivity index (χ4v) is 1.50. The van der Waals surface area contributed by atoms with Gasteiger partial charge >= 0.3 is 5.97 Å². The molecule has 0 aliphatic rings. The van der Waals surface area contributed by atoms with Gasteiger partial charge in [0.1, 0.15) is 0 Å². The van der Waals surface area contributed by atoms with Gasteiger partial charge in [-0.15, -0.1) is 0 Å². The molecule has 0 aromatic heterocycles. The van der Waals surface area contributed by atoms with Gasteiger partial charge in [-0.25, -0.2) is 0 Å². The van der Waals surface area contributed by atoms with E-state index >= 15 is 0 Å². The van der Waals surface area contributed by atoms with E-state index in [0.717, 1.165) is 17.5 Å². The van der Waals surface area contributed by atoms with Crippen molar-refractivity contribution in [3.8, 4) is 0 Å². The Morgan fingerprint density at radius 2 is 2.12 bits per heavy atom. The third kappa shape index (κ3) is 3.66. The van der Waals surface area contributed by atoms with Crippen molar-refractivity contribution in [2.75, 3.05) is 6.61 Å². The Balaban J connectivity index is 2.55. The number of aliphatic hydroxyl groups is 1. The van der Waals surface area contributed by atoms with Gasteiger partial charge in [0, 0.05) is 0 Å². The molecule has 1 aromatic carbocycles. The summed E-state index contributed by atoms with van der Waals surface area (Å²) in [6.07, 6.45) is 0.0439. The summed E-state index contributed by atoms with van der Waals surface area (Å²) < 4.78 is 4.92. The van der Waals surface area contributed by atoms with Crippen LogP contribution in [-0.2, 0) is 9.53 Å². The van der Waals surface area contributed by atoms with E-state index in [2.05, 4.69) is 0 Å². The van der Waals surface area contributed by atoms with E-state index in [1.54, 1.807) is 0 Å². The van der Waals surface area contributed by atoms with Crippen LogP contribution >= 0.6 is 0 Å². The summed E-state index contributed by atoms with van der Waals surface area (Å²) in [5.41, 5.74) is 1.77. The quantitative estimate of drug-likeness (QED) is 0.778. The largest absolute Gasteiger partial charge is 0.466 e. The van der Waals surface area contributed by atoms with Crippen molar-refractivity contribution in [1.82, 2.24) is 0 Å². The molecule has 0 amide bonds. The Labute approximate surface area is 96.1 Å².